The molecule has 1 unspecified atom stereocenters. The minimum absolute atomic E-state index is 0.0705. The Morgan fingerprint density at radius 2 is 1.93 bits per heavy atom. The fourth-order valence-electron chi connectivity index (χ4n) is 3.22. The van der Waals surface area contributed by atoms with E-state index >= 15 is 0 Å². The average molecular weight is 358 g/mol. The summed E-state index contributed by atoms with van der Waals surface area (Å²) in [6.45, 7) is 3.22. The molecule has 0 bridgehead atoms. The van der Waals surface area contributed by atoms with Crippen molar-refractivity contribution in [3.05, 3.63) is 71.0 Å². The number of nitrogens with zero attached hydrogens (tertiary/aromatic N) is 4. The number of amides is 1. The van der Waals surface area contributed by atoms with Crippen molar-refractivity contribution >= 4 is 5.91 Å². The van der Waals surface area contributed by atoms with Crippen LogP contribution in [0.3, 0.4) is 0 Å². The molecule has 6 nitrogen and oxygen atoms in total. The standard InChI is InChI=1S/C21H18N4O2/c1-14-2-4-16(5-3-14)12-25-13-18(10-19(25)26)20-23-21(27-24-20)17-8-6-15(11-22)7-9-17/h2-9,18H,10,12-13H2,1H3. The van der Waals surface area contributed by atoms with Crippen LogP contribution in [0, 0.1) is 18.3 Å². The first-order valence-electron chi connectivity index (χ1n) is 8.80. The lowest BCUT2D eigenvalue weighted by Crippen LogP contribution is -2.24. The Morgan fingerprint density at radius 3 is 2.63 bits per heavy atom. The molecule has 134 valence electrons. The van der Waals surface area contributed by atoms with E-state index in [2.05, 4.69) is 28.3 Å². The summed E-state index contributed by atoms with van der Waals surface area (Å²) in [7, 11) is 0. The van der Waals surface area contributed by atoms with E-state index in [1.54, 1.807) is 24.3 Å². The topological polar surface area (TPSA) is 83.0 Å². The summed E-state index contributed by atoms with van der Waals surface area (Å²) in [6.07, 6.45) is 0.387. The Morgan fingerprint density at radius 1 is 1.19 bits per heavy atom. The van der Waals surface area contributed by atoms with Crippen molar-refractivity contribution in [3.8, 4) is 17.5 Å². The first kappa shape index (κ1) is 17.0. The number of carbonyl (C=O) groups excluding carboxylic acids is 1. The van der Waals surface area contributed by atoms with Gasteiger partial charge in [0.25, 0.3) is 5.89 Å². The van der Waals surface area contributed by atoms with Crippen molar-refractivity contribution in [1.29, 1.82) is 5.26 Å². The van der Waals surface area contributed by atoms with Gasteiger partial charge in [0.15, 0.2) is 5.82 Å². The van der Waals surface area contributed by atoms with E-state index in [1.165, 1.54) is 5.56 Å². The molecule has 1 aliphatic heterocycles. The molecule has 27 heavy (non-hydrogen) atoms. The Kier molecular flexibility index (Phi) is 4.43. The number of aromatic nitrogens is 2. The molecule has 1 amide bonds. The van der Waals surface area contributed by atoms with Crippen molar-refractivity contribution in [1.82, 2.24) is 15.0 Å². The molecule has 0 spiro atoms. The molecule has 1 aliphatic rings. The summed E-state index contributed by atoms with van der Waals surface area (Å²) in [5, 5.41) is 13.0. The second-order valence-corrected chi connectivity index (χ2v) is 6.81. The van der Waals surface area contributed by atoms with Gasteiger partial charge in [0, 0.05) is 31.0 Å². The highest BCUT2D eigenvalue weighted by atomic mass is 16.5. The van der Waals surface area contributed by atoms with Crippen LogP contribution in [-0.2, 0) is 11.3 Å². The van der Waals surface area contributed by atoms with Gasteiger partial charge < -0.3 is 9.42 Å². The fraction of sp³-hybridized carbons (Fsp3) is 0.238. The molecule has 2 aromatic carbocycles. The summed E-state index contributed by atoms with van der Waals surface area (Å²) >= 11 is 0. The number of benzene rings is 2. The highest BCUT2D eigenvalue weighted by molar-refractivity contribution is 5.79. The Balaban J connectivity index is 1.46. The van der Waals surface area contributed by atoms with E-state index in [0.29, 0.717) is 36.8 Å². The minimum Gasteiger partial charge on any atom is -0.338 e. The SMILES string of the molecule is Cc1ccc(CN2CC(c3noc(-c4ccc(C#N)cc4)n3)CC2=O)cc1. The highest BCUT2D eigenvalue weighted by Crippen LogP contribution is 2.29. The summed E-state index contributed by atoms with van der Waals surface area (Å²) in [4.78, 5) is 18.7. The van der Waals surface area contributed by atoms with Gasteiger partial charge in [0.2, 0.25) is 5.91 Å². The van der Waals surface area contributed by atoms with Gasteiger partial charge in [0.1, 0.15) is 0 Å². The molecule has 0 radical (unpaired) electrons. The van der Waals surface area contributed by atoms with Gasteiger partial charge in [-0.3, -0.25) is 4.79 Å². The number of aryl methyl sites for hydroxylation is 1. The molecule has 0 saturated carbocycles. The van der Waals surface area contributed by atoms with E-state index < -0.39 is 0 Å². The maximum atomic E-state index is 12.4. The second-order valence-electron chi connectivity index (χ2n) is 6.81. The third-order valence-electron chi connectivity index (χ3n) is 4.78. The molecule has 1 fully saturated rings. The van der Waals surface area contributed by atoms with Gasteiger partial charge in [-0.15, -0.1) is 0 Å². The number of nitriles is 1. The van der Waals surface area contributed by atoms with Gasteiger partial charge in [-0.2, -0.15) is 10.2 Å². The van der Waals surface area contributed by atoms with Crippen molar-refractivity contribution in [2.24, 2.45) is 0 Å². The maximum Gasteiger partial charge on any atom is 0.257 e. The van der Waals surface area contributed by atoms with E-state index in [9.17, 15) is 4.79 Å². The van der Waals surface area contributed by atoms with Crippen LogP contribution in [0.1, 0.15) is 34.9 Å². The Hall–Kier alpha value is -3.46. The predicted molar refractivity (Wildman–Crippen MR) is 98.4 cm³/mol. The largest absolute Gasteiger partial charge is 0.338 e. The van der Waals surface area contributed by atoms with Gasteiger partial charge in [-0.25, -0.2) is 0 Å². The maximum absolute atomic E-state index is 12.4. The zero-order chi connectivity index (χ0) is 18.8. The minimum atomic E-state index is -0.0705. The van der Waals surface area contributed by atoms with Crippen molar-refractivity contribution in [2.45, 2.75) is 25.8 Å². The summed E-state index contributed by atoms with van der Waals surface area (Å²) in [5.41, 5.74) is 3.65. The first-order chi connectivity index (χ1) is 13.1. The molecule has 4 rings (SSSR count). The number of hydrogen-bond donors (Lipinski definition) is 0. The van der Waals surface area contributed by atoms with Crippen LogP contribution < -0.4 is 0 Å². The van der Waals surface area contributed by atoms with Crippen LogP contribution in [0.5, 0.6) is 0 Å². The van der Waals surface area contributed by atoms with Gasteiger partial charge in [-0.05, 0) is 36.8 Å². The lowest BCUT2D eigenvalue weighted by molar-refractivity contribution is -0.128. The van der Waals surface area contributed by atoms with Crippen molar-refractivity contribution < 1.29 is 9.32 Å². The molecule has 6 heteroatoms. The predicted octanol–water partition coefficient (Wildman–Crippen LogP) is 3.43. The van der Waals surface area contributed by atoms with Crippen LogP contribution in [-0.4, -0.2) is 27.5 Å². The molecule has 1 saturated heterocycles. The van der Waals surface area contributed by atoms with E-state index in [4.69, 9.17) is 9.78 Å². The third-order valence-corrected chi connectivity index (χ3v) is 4.78. The molecule has 0 aliphatic carbocycles. The first-order valence-corrected chi connectivity index (χ1v) is 8.80. The molecule has 3 aromatic rings. The van der Waals surface area contributed by atoms with Crippen molar-refractivity contribution in [2.75, 3.05) is 6.54 Å². The van der Waals surface area contributed by atoms with Gasteiger partial charge in [-0.1, -0.05) is 35.0 Å². The van der Waals surface area contributed by atoms with Crippen LogP contribution in [0.15, 0.2) is 53.1 Å². The average Bonchev–Trinajstić information content (AvgIpc) is 3.31. The normalized spacial score (nSPS) is 16.5. The zero-order valence-corrected chi connectivity index (χ0v) is 14.9. The summed E-state index contributed by atoms with van der Waals surface area (Å²) in [5.74, 6) is 0.983. The fourth-order valence-corrected chi connectivity index (χ4v) is 3.22. The van der Waals surface area contributed by atoms with Crippen LogP contribution in [0.25, 0.3) is 11.5 Å². The molecule has 1 aromatic heterocycles. The summed E-state index contributed by atoms with van der Waals surface area (Å²) < 4.78 is 5.36. The van der Waals surface area contributed by atoms with Gasteiger partial charge in [0.05, 0.1) is 11.6 Å². The summed E-state index contributed by atoms with van der Waals surface area (Å²) in [6, 6.07) is 17.3. The number of rotatable bonds is 4. The second kappa shape index (κ2) is 7.04. The lowest BCUT2D eigenvalue weighted by Gasteiger charge is -2.16. The van der Waals surface area contributed by atoms with E-state index in [1.807, 2.05) is 24.0 Å². The van der Waals surface area contributed by atoms with E-state index in [0.717, 1.165) is 11.1 Å². The van der Waals surface area contributed by atoms with Crippen molar-refractivity contribution in [3.63, 3.8) is 0 Å². The Bertz CT molecular complexity index is 1000. The zero-order valence-electron chi connectivity index (χ0n) is 14.9. The van der Waals surface area contributed by atoms with Crippen LogP contribution in [0.4, 0.5) is 0 Å². The molecule has 2 heterocycles. The smallest absolute Gasteiger partial charge is 0.257 e. The van der Waals surface area contributed by atoms with Crippen LogP contribution >= 0.6 is 0 Å². The quantitative estimate of drug-likeness (QED) is 0.713. The van der Waals surface area contributed by atoms with Gasteiger partial charge >= 0.3 is 0 Å². The molecule has 1 atom stereocenters. The number of hydrogen-bond acceptors (Lipinski definition) is 5. The lowest BCUT2D eigenvalue weighted by atomic mass is 10.1. The molecular weight excluding hydrogens is 340 g/mol. The molecular formula is C21H18N4O2. The number of likely N-dealkylation sites (tertiary alicyclic amines) is 1. The Labute approximate surface area is 157 Å². The van der Waals surface area contributed by atoms with E-state index in [-0.39, 0.29) is 11.8 Å². The monoisotopic (exact) mass is 358 g/mol. The number of carbonyl (C=O) groups is 1. The molecule has 0 N–H and O–H groups in total. The third kappa shape index (κ3) is 3.58. The van der Waals surface area contributed by atoms with Crippen LogP contribution in [0.2, 0.25) is 0 Å². The highest BCUT2D eigenvalue weighted by Gasteiger charge is 2.33.